The molecule has 1 amide bonds. The number of nitrogens with one attached hydrogen (secondary N) is 1. The maximum absolute atomic E-state index is 13.4. The third kappa shape index (κ3) is 8.86. The van der Waals surface area contributed by atoms with Gasteiger partial charge in [-0.05, 0) is 65.0 Å². The largest absolute Gasteiger partial charge is 0.496 e. The fourth-order valence-electron chi connectivity index (χ4n) is 4.62. The Kier molecular flexibility index (Phi) is 10.9. The molecule has 1 atom stereocenters. The second kappa shape index (κ2) is 13.3. The number of carboxylic acid groups (broad SMARTS) is 1. The van der Waals surface area contributed by atoms with Crippen molar-refractivity contribution >= 4 is 27.4 Å². The fraction of sp³-hybridized carbons (Fsp3) is 0.533. The number of carboxylic acids is 1. The third-order valence-corrected chi connectivity index (χ3v) is 8.28. The lowest BCUT2D eigenvalue weighted by molar-refractivity contribution is -0.136. The van der Waals surface area contributed by atoms with E-state index in [1.54, 1.807) is 30.3 Å². The number of benzene rings is 2. The molecule has 0 radical (unpaired) electrons. The second-order valence-electron chi connectivity index (χ2n) is 11.4. The molecule has 2 aromatic carbocycles. The first-order chi connectivity index (χ1) is 17.7. The molecule has 2 rings (SSSR count). The molecule has 0 spiro atoms. The molecule has 0 aliphatic heterocycles. The maximum Gasteiger partial charge on any atom is 0.307 e. The number of hydrogen-bond donors (Lipinski definition) is 2. The Morgan fingerprint density at radius 1 is 1.08 bits per heavy atom. The first kappa shape index (κ1) is 31.3. The maximum atomic E-state index is 13.4. The molecule has 0 saturated heterocycles. The van der Waals surface area contributed by atoms with Gasteiger partial charge in [0, 0.05) is 12.1 Å². The minimum Gasteiger partial charge on any atom is -0.496 e. The van der Waals surface area contributed by atoms with Crippen LogP contribution in [-0.2, 0) is 31.3 Å². The minimum absolute atomic E-state index is 0.0842. The Balaban J connectivity index is 2.40. The van der Waals surface area contributed by atoms with Crippen molar-refractivity contribution in [1.29, 1.82) is 0 Å². The molecular weight excluding hydrogens is 502 g/mol. The molecule has 7 nitrogen and oxygen atoms in total. The molecule has 0 aliphatic rings. The van der Waals surface area contributed by atoms with E-state index in [1.807, 2.05) is 33.8 Å². The van der Waals surface area contributed by atoms with Crippen molar-refractivity contribution in [3.05, 3.63) is 53.1 Å². The van der Waals surface area contributed by atoms with Crippen LogP contribution in [0.25, 0.3) is 0 Å². The summed E-state index contributed by atoms with van der Waals surface area (Å²) in [6.45, 7) is 12.2. The molecule has 38 heavy (non-hydrogen) atoms. The highest BCUT2D eigenvalue weighted by molar-refractivity contribution is 7.91. The highest BCUT2D eigenvalue weighted by Crippen LogP contribution is 2.37. The van der Waals surface area contributed by atoms with Gasteiger partial charge in [0.15, 0.2) is 9.84 Å². The summed E-state index contributed by atoms with van der Waals surface area (Å²) >= 11 is 0. The van der Waals surface area contributed by atoms with Crippen molar-refractivity contribution in [2.24, 2.45) is 5.92 Å². The van der Waals surface area contributed by atoms with Gasteiger partial charge in [-0.1, -0.05) is 66.2 Å². The molecule has 0 aliphatic carbocycles. The van der Waals surface area contributed by atoms with Gasteiger partial charge >= 0.3 is 5.97 Å². The smallest absolute Gasteiger partial charge is 0.307 e. The van der Waals surface area contributed by atoms with Crippen LogP contribution in [0.3, 0.4) is 0 Å². The summed E-state index contributed by atoms with van der Waals surface area (Å²) in [7, 11) is -1.91. The molecular formula is C30H43NO6S. The van der Waals surface area contributed by atoms with E-state index in [1.165, 1.54) is 7.11 Å². The Bertz CT molecular complexity index is 1230. The third-order valence-electron chi connectivity index (χ3n) is 6.48. The first-order valence-electron chi connectivity index (χ1n) is 13.2. The number of carbonyl (C=O) groups is 2. The molecule has 8 heteroatoms. The number of aliphatic carboxylic acids is 1. The summed E-state index contributed by atoms with van der Waals surface area (Å²) in [6, 6.07) is 10.3. The number of anilines is 1. The molecule has 0 bridgehead atoms. The normalized spacial score (nSPS) is 12.8. The van der Waals surface area contributed by atoms with Crippen LogP contribution in [0.15, 0.2) is 41.3 Å². The van der Waals surface area contributed by atoms with E-state index >= 15 is 0 Å². The number of amides is 1. The Morgan fingerprint density at radius 3 is 2.32 bits per heavy atom. The standard InChI is InChI=1S/C30H43NO6S/c1-8-9-14-38(35,36)23-11-12-24(27(19-23)37-7)22(15-20(2)3)18-28(32)31-26-16-21(17-29(33)34)10-13-25(26)30(4,5)6/h10-13,16,19-20,22H,8-9,14-15,17-18H2,1-7H3,(H,31,32)(H,33,34). The van der Waals surface area contributed by atoms with Gasteiger partial charge in [-0.2, -0.15) is 0 Å². The van der Waals surface area contributed by atoms with Crippen molar-refractivity contribution in [3.63, 3.8) is 0 Å². The van der Waals surface area contributed by atoms with Gasteiger partial charge in [-0.3, -0.25) is 9.59 Å². The van der Waals surface area contributed by atoms with Crippen LogP contribution in [0.1, 0.15) is 89.8 Å². The van der Waals surface area contributed by atoms with Crippen molar-refractivity contribution in [2.75, 3.05) is 18.2 Å². The van der Waals surface area contributed by atoms with Gasteiger partial charge in [0.1, 0.15) is 5.75 Å². The Labute approximate surface area is 227 Å². The van der Waals surface area contributed by atoms with Crippen LogP contribution in [0.2, 0.25) is 0 Å². The van der Waals surface area contributed by atoms with Crippen LogP contribution in [0.4, 0.5) is 5.69 Å². The van der Waals surface area contributed by atoms with E-state index in [2.05, 4.69) is 19.2 Å². The molecule has 0 fully saturated rings. The molecule has 0 saturated carbocycles. The van der Waals surface area contributed by atoms with Crippen LogP contribution < -0.4 is 10.1 Å². The number of carbonyl (C=O) groups excluding carboxylic acids is 1. The van der Waals surface area contributed by atoms with Crippen LogP contribution in [0, 0.1) is 5.92 Å². The molecule has 2 aromatic rings. The number of ether oxygens (including phenoxy) is 1. The zero-order valence-corrected chi connectivity index (χ0v) is 24.6. The predicted molar refractivity (Wildman–Crippen MR) is 152 cm³/mol. The average Bonchev–Trinajstić information content (AvgIpc) is 2.80. The van der Waals surface area contributed by atoms with Gasteiger partial charge in [-0.25, -0.2) is 8.42 Å². The summed E-state index contributed by atoms with van der Waals surface area (Å²) in [5, 5.41) is 12.3. The van der Waals surface area contributed by atoms with Crippen LogP contribution in [-0.4, -0.2) is 38.3 Å². The molecule has 1 unspecified atom stereocenters. The van der Waals surface area contributed by atoms with E-state index in [0.717, 1.165) is 17.5 Å². The molecule has 0 heterocycles. The summed E-state index contributed by atoms with van der Waals surface area (Å²) in [5.41, 5.74) is 2.67. The number of rotatable bonds is 13. The van der Waals surface area contributed by atoms with Crippen molar-refractivity contribution in [3.8, 4) is 5.75 Å². The summed E-state index contributed by atoms with van der Waals surface area (Å²) in [4.78, 5) is 24.8. The summed E-state index contributed by atoms with van der Waals surface area (Å²) in [6.07, 6.45) is 2.12. The van der Waals surface area contributed by atoms with Crippen molar-refractivity contribution in [1.82, 2.24) is 0 Å². The predicted octanol–water partition coefficient (Wildman–Crippen LogP) is 6.35. The lowest BCUT2D eigenvalue weighted by Crippen LogP contribution is -2.21. The van der Waals surface area contributed by atoms with Crippen LogP contribution >= 0.6 is 0 Å². The van der Waals surface area contributed by atoms with Gasteiger partial charge in [-0.15, -0.1) is 0 Å². The van der Waals surface area contributed by atoms with Gasteiger partial charge in [0.2, 0.25) is 5.91 Å². The first-order valence-corrected chi connectivity index (χ1v) is 14.9. The molecule has 0 aromatic heterocycles. The van der Waals surface area contributed by atoms with Crippen molar-refractivity contribution < 1.29 is 27.9 Å². The second-order valence-corrected chi connectivity index (χ2v) is 13.5. The zero-order valence-electron chi connectivity index (χ0n) is 23.8. The summed E-state index contributed by atoms with van der Waals surface area (Å²) in [5.74, 6) is -0.502. The summed E-state index contributed by atoms with van der Waals surface area (Å²) < 4.78 is 31.1. The van der Waals surface area contributed by atoms with Crippen LogP contribution in [0.5, 0.6) is 5.75 Å². The van der Waals surface area contributed by atoms with Gasteiger partial charge in [0.05, 0.1) is 24.2 Å². The zero-order chi connectivity index (χ0) is 28.7. The van der Waals surface area contributed by atoms with Gasteiger partial charge in [0.25, 0.3) is 0 Å². The highest BCUT2D eigenvalue weighted by Gasteiger charge is 2.25. The number of sulfone groups is 1. The van der Waals surface area contributed by atoms with E-state index in [0.29, 0.717) is 29.8 Å². The lowest BCUT2D eigenvalue weighted by Gasteiger charge is -2.25. The van der Waals surface area contributed by atoms with E-state index < -0.39 is 15.8 Å². The average molecular weight is 546 g/mol. The number of hydrogen-bond acceptors (Lipinski definition) is 5. The van der Waals surface area contributed by atoms with E-state index in [4.69, 9.17) is 4.74 Å². The number of unbranched alkanes of at least 4 members (excludes halogenated alkanes) is 1. The highest BCUT2D eigenvalue weighted by atomic mass is 32.2. The minimum atomic E-state index is -3.42. The van der Waals surface area contributed by atoms with Gasteiger partial charge < -0.3 is 15.2 Å². The fourth-order valence-corrected chi connectivity index (χ4v) is 6.09. The van der Waals surface area contributed by atoms with Crippen molar-refractivity contribution in [2.45, 2.75) is 89.9 Å². The lowest BCUT2D eigenvalue weighted by atomic mass is 9.84. The van der Waals surface area contributed by atoms with E-state index in [9.17, 15) is 23.1 Å². The molecule has 2 N–H and O–H groups in total. The molecule has 210 valence electrons. The topological polar surface area (TPSA) is 110 Å². The number of methoxy groups -OCH3 is 1. The Morgan fingerprint density at radius 2 is 1.76 bits per heavy atom. The Hall–Kier alpha value is -2.87. The quantitative estimate of drug-likeness (QED) is 0.303. The monoisotopic (exact) mass is 545 g/mol. The SMILES string of the molecule is CCCCS(=O)(=O)c1ccc(C(CC(=O)Nc2cc(CC(=O)O)ccc2C(C)(C)C)CC(C)C)c(OC)c1. The van der Waals surface area contributed by atoms with E-state index in [-0.39, 0.29) is 46.6 Å².